The zero-order chi connectivity index (χ0) is 9.54. The second-order valence-corrected chi connectivity index (χ2v) is 5.22. The van der Waals surface area contributed by atoms with Crippen molar-refractivity contribution in [2.75, 3.05) is 0 Å². The third-order valence-electron chi connectivity index (χ3n) is 4.55. The SMILES string of the molecule is CCC1CCC2C=C3CCCC3=CC21. The average molecular weight is 188 g/mol. The van der Waals surface area contributed by atoms with E-state index in [4.69, 9.17) is 0 Å². The summed E-state index contributed by atoms with van der Waals surface area (Å²) < 4.78 is 0. The second-order valence-electron chi connectivity index (χ2n) is 5.22. The van der Waals surface area contributed by atoms with E-state index in [2.05, 4.69) is 19.1 Å². The van der Waals surface area contributed by atoms with Crippen molar-refractivity contribution in [3.05, 3.63) is 23.3 Å². The van der Waals surface area contributed by atoms with Crippen LogP contribution >= 0.6 is 0 Å². The second kappa shape index (κ2) is 3.25. The largest absolute Gasteiger partial charge is 0.0773 e. The number of hydrogen-bond donors (Lipinski definition) is 0. The Morgan fingerprint density at radius 1 is 1.14 bits per heavy atom. The highest BCUT2D eigenvalue weighted by molar-refractivity contribution is 5.39. The van der Waals surface area contributed by atoms with E-state index in [-0.39, 0.29) is 0 Å². The van der Waals surface area contributed by atoms with Crippen molar-refractivity contribution < 1.29 is 0 Å². The van der Waals surface area contributed by atoms with Gasteiger partial charge in [0.25, 0.3) is 0 Å². The molecule has 0 heteroatoms. The summed E-state index contributed by atoms with van der Waals surface area (Å²) >= 11 is 0. The van der Waals surface area contributed by atoms with Crippen molar-refractivity contribution in [1.29, 1.82) is 0 Å². The molecule has 0 bridgehead atoms. The predicted octanol–water partition coefficient (Wildman–Crippen LogP) is 4.09. The Morgan fingerprint density at radius 2 is 1.93 bits per heavy atom. The molecule has 0 heterocycles. The lowest BCUT2D eigenvalue weighted by molar-refractivity contribution is 0.404. The van der Waals surface area contributed by atoms with Crippen molar-refractivity contribution >= 4 is 0 Å². The van der Waals surface area contributed by atoms with Crippen LogP contribution < -0.4 is 0 Å². The van der Waals surface area contributed by atoms with Gasteiger partial charge in [0, 0.05) is 0 Å². The molecule has 3 rings (SSSR count). The molecule has 0 saturated heterocycles. The number of fused-ring (bicyclic) bond motifs is 2. The van der Waals surface area contributed by atoms with Crippen LogP contribution in [-0.4, -0.2) is 0 Å². The van der Waals surface area contributed by atoms with Gasteiger partial charge in [0.1, 0.15) is 0 Å². The minimum Gasteiger partial charge on any atom is -0.0773 e. The molecule has 0 aromatic carbocycles. The monoisotopic (exact) mass is 188 g/mol. The molecular weight excluding hydrogens is 168 g/mol. The Bertz CT molecular complexity index is 295. The van der Waals surface area contributed by atoms with E-state index in [1.165, 1.54) is 38.5 Å². The standard InChI is InChI=1S/C14H20/c1-2-10-6-7-13-8-11-4-3-5-12(11)9-14(10)13/h8-10,13-14H,2-7H2,1H3. The van der Waals surface area contributed by atoms with Gasteiger partial charge in [-0.1, -0.05) is 25.5 Å². The van der Waals surface area contributed by atoms with E-state index in [1.54, 1.807) is 11.1 Å². The predicted molar refractivity (Wildman–Crippen MR) is 60.0 cm³/mol. The van der Waals surface area contributed by atoms with Crippen molar-refractivity contribution in [3.8, 4) is 0 Å². The van der Waals surface area contributed by atoms with E-state index >= 15 is 0 Å². The van der Waals surface area contributed by atoms with Gasteiger partial charge in [-0.25, -0.2) is 0 Å². The summed E-state index contributed by atoms with van der Waals surface area (Å²) in [4.78, 5) is 0. The molecule has 14 heavy (non-hydrogen) atoms. The number of hydrogen-bond acceptors (Lipinski definition) is 0. The van der Waals surface area contributed by atoms with E-state index in [0.717, 1.165) is 17.8 Å². The Kier molecular flexibility index (Phi) is 2.04. The summed E-state index contributed by atoms with van der Waals surface area (Å²) in [5.74, 6) is 2.82. The van der Waals surface area contributed by atoms with Crippen LogP contribution in [0.4, 0.5) is 0 Å². The molecule has 2 saturated carbocycles. The Labute approximate surface area is 87.1 Å². The summed E-state index contributed by atoms with van der Waals surface area (Å²) in [6.07, 6.45) is 13.7. The number of rotatable bonds is 1. The van der Waals surface area contributed by atoms with Gasteiger partial charge in [0.05, 0.1) is 0 Å². The molecule has 3 aliphatic carbocycles. The topological polar surface area (TPSA) is 0 Å². The van der Waals surface area contributed by atoms with E-state index in [0.29, 0.717) is 0 Å². The lowest BCUT2D eigenvalue weighted by atomic mass is 9.81. The van der Waals surface area contributed by atoms with Gasteiger partial charge in [0.15, 0.2) is 0 Å². The summed E-state index contributed by atoms with van der Waals surface area (Å²) in [5, 5.41) is 0. The zero-order valence-electron chi connectivity index (χ0n) is 9.13. The third kappa shape index (κ3) is 1.20. The molecule has 0 radical (unpaired) electrons. The summed E-state index contributed by atoms with van der Waals surface area (Å²) in [6, 6.07) is 0. The van der Waals surface area contributed by atoms with Crippen LogP contribution in [0, 0.1) is 17.8 Å². The normalized spacial score (nSPS) is 40.2. The molecule has 2 fully saturated rings. The molecule has 3 aliphatic rings. The lowest BCUT2D eigenvalue weighted by Gasteiger charge is -2.24. The van der Waals surface area contributed by atoms with Gasteiger partial charge >= 0.3 is 0 Å². The van der Waals surface area contributed by atoms with E-state index in [1.807, 2.05) is 0 Å². The van der Waals surface area contributed by atoms with Crippen LogP contribution in [0.2, 0.25) is 0 Å². The fraction of sp³-hybridized carbons (Fsp3) is 0.714. The first-order valence-corrected chi connectivity index (χ1v) is 6.30. The van der Waals surface area contributed by atoms with Crippen LogP contribution in [0.1, 0.15) is 45.4 Å². The van der Waals surface area contributed by atoms with Crippen molar-refractivity contribution in [2.45, 2.75) is 45.4 Å². The zero-order valence-corrected chi connectivity index (χ0v) is 9.13. The highest BCUT2D eigenvalue weighted by Gasteiger charge is 2.36. The molecule has 0 nitrogen and oxygen atoms in total. The summed E-state index contributed by atoms with van der Waals surface area (Å²) in [6.45, 7) is 2.36. The van der Waals surface area contributed by atoms with Gasteiger partial charge in [-0.3, -0.25) is 0 Å². The maximum absolute atomic E-state index is 2.65. The van der Waals surface area contributed by atoms with Crippen molar-refractivity contribution in [1.82, 2.24) is 0 Å². The van der Waals surface area contributed by atoms with Crippen molar-refractivity contribution in [2.24, 2.45) is 17.8 Å². The highest BCUT2D eigenvalue weighted by atomic mass is 14.4. The van der Waals surface area contributed by atoms with Crippen LogP contribution in [-0.2, 0) is 0 Å². The maximum Gasteiger partial charge on any atom is -0.0136 e. The Hall–Kier alpha value is -0.520. The lowest BCUT2D eigenvalue weighted by Crippen LogP contribution is -2.14. The first-order valence-electron chi connectivity index (χ1n) is 6.30. The van der Waals surface area contributed by atoms with Gasteiger partial charge < -0.3 is 0 Å². The van der Waals surface area contributed by atoms with Crippen LogP contribution in [0.3, 0.4) is 0 Å². The summed E-state index contributed by atoms with van der Waals surface area (Å²) in [5.41, 5.74) is 3.43. The fourth-order valence-corrected chi connectivity index (χ4v) is 3.73. The fourth-order valence-electron chi connectivity index (χ4n) is 3.73. The molecule has 0 aliphatic heterocycles. The molecule has 0 spiro atoms. The van der Waals surface area contributed by atoms with Gasteiger partial charge in [-0.05, 0) is 61.0 Å². The molecule has 0 aromatic rings. The van der Waals surface area contributed by atoms with Crippen molar-refractivity contribution in [3.63, 3.8) is 0 Å². The molecule has 0 amide bonds. The van der Waals surface area contributed by atoms with Crippen LogP contribution in [0.5, 0.6) is 0 Å². The van der Waals surface area contributed by atoms with Gasteiger partial charge in [0.2, 0.25) is 0 Å². The first kappa shape index (κ1) is 8.76. The highest BCUT2D eigenvalue weighted by Crippen LogP contribution is 2.47. The molecule has 0 N–H and O–H groups in total. The molecule has 0 aromatic heterocycles. The molecule has 76 valence electrons. The third-order valence-corrected chi connectivity index (χ3v) is 4.55. The molecular formula is C14H20. The van der Waals surface area contributed by atoms with Crippen LogP contribution in [0.25, 0.3) is 0 Å². The first-order chi connectivity index (χ1) is 6.88. The van der Waals surface area contributed by atoms with E-state index in [9.17, 15) is 0 Å². The maximum atomic E-state index is 2.65. The number of allylic oxidation sites excluding steroid dienone is 4. The molecule has 3 atom stereocenters. The van der Waals surface area contributed by atoms with E-state index < -0.39 is 0 Å². The minimum atomic E-state index is 0.914. The summed E-state index contributed by atoms with van der Waals surface area (Å²) in [7, 11) is 0. The average Bonchev–Trinajstić information content (AvgIpc) is 2.78. The minimum absolute atomic E-state index is 0.914. The van der Waals surface area contributed by atoms with Crippen LogP contribution in [0.15, 0.2) is 23.3 Å². The Balaban J connectivity index is 1.90. The quantitative estimate of drug-likeness (QED) is 0.581. The van der Waals surface area contributed by atoms with Gasteiger partial charge in [-0.15, -0.1) is 0 Å². The smallest absolute Gasteiger partial charge is 0.0136 e. The van der Waals surface area contributed by atoms with Gasteiger partial charge in [-0.2, -0.15) is 0 Å². The molecule has 3 unspecified atom stereocenters. The Morgan fingerprint density at radius 3 is 2.71 bits per heavy atom.